The fourth-order valence-corrected chi connectivity index (χ4v) is 2.02. The van der Waals surface area contributed by atoms with Crippen molar-refractivity contribution < 1.29 is 32.9 Å². The Hall–Kier alpha value is -2.87. The van der Waals surface area contributed by atoms with E-state index in [2.05, 4.69) is 9.72 Å². The van der Waals surface area contributed by atoms with Gasteiger partial charge in [0.15, 0.2) is 18.5 Å². The summed E-state index contributed by atoms with van der Waals surface area (Å²) in [5.74, 6) is -1.59. The van der Waals surface area contributed by atoms with Crippen LogP contribution in [0.2, 0.25) is 5.02 Å². The summed E-state index contributed by atoms with van der Waals surface area (Å²) in [6.45, 7) is 2.85. The Labute approximate surface area is 160 Å². The molecular formula is C18H17ClFNO6. The molecule has 0 aliphatic heterocycles. The van der Waals surface area contributed by atoms with E-state index < -0.39 is 30.5 Å². The van der Waals surface area contributed by atoms with Gasteiger partial charge in [-0.15, -0.1) is 0 Å². The first-order valence-corrected chi connectivity index (χ1v) is 8.34. The summed E-state index contributed by atoms with van der Waals surface area (Å²) in [5.41, 5.74) is 0. The normalized spacial score (nSPS) is 11.4. The largest absolute Gasteiger partial charge is 0.479 e. The number of benzene rings is 1. The van der Waals surface area contributed by atoms with E-state index in [1.54, 1.807) is 6.92 Å². The summed E-state index contributed by atoms with van der Waals surface area (Å²) >= 11 is 5.63. The third-order valence-electron chi connectivity index (χ3n) is 3.09. The van der Waals surface area contributed by atoms with E-state index in [4.69, 9.17) is 25.8 Å². The van der Waals surface area contributed by atoms with Crippen molar-refractivity contribution in [3.05, 3.63) is 47.4 Å². The molecule has 0 bridgehead atoms. The van der Waals surface area contributed by atoms with Crippen LogP contribution in [0.25, 0.3) is 0 Å². The number of esters is 2. The van der Waals surface area contributed by atoms with Crippen molar-refractivity contribution >= 4 is 23.5 Å². The van der Waals surface area contributed by atoms with Crippen LogP contribution in [-0.2, 0) is 19.1 Å². The minimum Gasteiger partial charge on any atom is -0.479 e. The van der Waals surface area contributed by atoms with Crippen LogP contribution >= 0.6 is 11.6 Å². The van der Waals surface area contributed by atoms with Crippen molar-refractivity contribution in [3.63, 3.8) is 0 Å². The van der Waals surface area contributed by atoms with Crippen LogP contribution in [0, 0.1) is 5.82 Å². The van der Waals surface area contributed by atoms with Gasteiger partial charge in [-0.1, -0.05) is 11.6 Å². The Morgan fingerprint density at radius 1 is 1.19 bits per heavy atom. The highest BCUT2D eigenvalue weighted by Gasteiger charge is 2.18. The third-order valence-corrected chi connectivity index (χ3v) is 3.30. The molecule has 0 spiro atoms. The van der Waals surface area contributed by atoms with E-state index >= 15 is 0 Å². The summed E-state index contributed by atoms with van der Waals surface area (Å²) in [6.07, 6.45) is 0.322. The molecule has 0 aliphatic rings. The third kappa shape index (κ3) is 6.41. The Kier molecular flexibility index (Phi) is 7.36. The Bertz CT molecular complexity index is 799. The second-order valence-electron chi connectivity index (χ2n) is 5.19. The van der Waals surface area contributed by atoms with Gasteiger partial charge in [0.05, 0.1) is 11.6 Å². The quantitative estimate of drug-likeness (QED) is 0.630. The molecule has 1 unspecified atom stereocenters. The molecule has 0 N–H and O–H groups in total. The van der Waals surface area contributed by atoms with Crippen molar-refractivity contribution in [1.82, 2.24) is 4.98 Å². The lowest BCUT2D eigenvalue weighted by Gasteiger charge is -2.14. The molecule has 0 saturated heterocycles. The molecule has 1 atom stereocenters. The Balaban J connectivity index is 1.89. The molecule has 1 heterocycles. The predicted octanol–water partition coefficient (Wildman–Crippen LogP) is 3.54. The number of aromatic nitrogens is 1. The van der Waals surface area contributed by atoms with E-state index in [-0.39, 0.29) is 17.5 Å². The molecule has 144 valence electrons. The smallest absolute Gasteiger partial charge is 0.347 e. The van der Waals surface area contributed by atoms with E-state index in [1.165, 1.54) is 37.4 Å². The fourth-order valence-electron chi connectivity index (χ4n) is 1.88. The first-order chi connectivity index (χ1) is 12.9. The molecule has 0 aliphatic carbocycles. The molecule has 1 aromatic carbocycles. The zero-order valence-corrected chi connectivity index (χ0v) is 15.4. The van der Waals surface area contributed by atoms with Gasteiger partial charge in [0.1, 0.15) is 11.5 Å². The molecule has 0 radical (unpaired) electrons. The number of halogens is 2. The second kappa shape index (κ2) is 9.72. The number of nitrogens with zero attached hydrogens (tertiary/aromatic N) is 1. The highest BCUT2D eigenvalue weighted by molar-refractivity contribution is 6.30. The molecule has 2 aromatic rings. The van der Waals surface area contributed by atoms with Crippen LogP contribution < -0.4 is 9.47 Å². The first-order valence-electron chi connectivity index (χ1n) is 7.97. The highest BCUT2D eigenvalue weighted by Crippen LogP contribution is 2.26. The summed E-state index contributed by atoms with van der Waals surface area (Å²) in [5, 5.41) is 0.160. The van der Waals surface area contributed by atoms with Gasteiger partial charge in [-0.2, -0.15) is 0 Å². The molecular weight excluding hydrogens is 381 g/mol. The summed E-state index contributed by atoms with van der Waals surface area (Å²) < 4.78 is 33.9. The summed E-state index contributed by atoms with van der Waals surface area (Å²) in [7, 11) is 0. The van der Waals surface area contributed by atoms with E-state index in [0.717, 1.165) is 6.07 Å². The summed E-state index contributed by atoms with van der Waals surface area (Å²) in [6, 6.07) is 7.17. The molecule has 27 heavy (non-hydrogen) atoms. The lowest BCUT2D eigenvalue weighted by molar-refractivity contribution is -0.162. The maximum absolute atomic E-state index is 13.7. The number of hydrogen-bond donors (Lipinski definition) is 0. The average molecular weight is 398 g/mol. The van der Waals surface area contributed by atoms with Gasteiger partial charge in [-0.25, -0.2) is 19.0 Å². The number of hydrogen-bond acceptors (Lipinski definition) is 7. The average Bonchev–Trinajstić information content (AvgIpc) is 2.63. The van der Waals surface area contributed by atoms with Crippen LogP contribution in [0.5, 0.6) is 17.4 Å². The second-order valence-corrected chi connectivity index (χ2v) is 5.62. The first kappa shape index (κ1) is 20.4. The van der Waals surface area contributed by atoms with Crippen molar-refractivity contribution in [2.75, 3.05) is 13.2 Å². The van der Waals surface area contributed by atoms with E-state index in [9.17, 15) is 14.0 Å². The molecule has 1 aromatic heterocycles. The van der Waals surface area contributed by atoms with Gasteiger partial charge in [0.25, 0.3) is 5.88 Å². The van der Waals surface area contributed by atoms with Crippen molar-refractivity contribution in [3.8, 4) is 17.4 Å². The number of carbonyl (C=O) groups is 2. The van der Waals surface area contributed by atoms with Gasteiger partial charge in [0, 0.05) is 6.20 Å². The van der Waals surface area contributed by atoms with Gasteiger partial charge in [0.2, 0.25) is 0 Å². The van der Waals surface area contributed by atoms with E-state index in [1.807, 2.05) is 0 Å². The molecule has 2 rings (SSSR count). The SMILES string of the molecule is CCOC(=O)COC(=O)C(C)Oc1ccc(Oc2ncc(Cl)cc2F)cc1. The van der Waals surface area contributed by atoms with Crippen molar-refractivity contribution in [2.45, 2.75) is 20.0 Å². The summed E-state index contributed by atoms with van der Waals surface area (Å²) in [4.78, 5) is 26.7. The highest BCUT2D eigenvalue weighted by atomic mass is 35.5. The Morgan fingerprint density at radius 2 is 1.85 bits per heavy atom. The van der Waals surface area contributed by atoms with Crippen LogP contribution in [0.15, 0.2) is 36.5 Å². The number of rotatable bonds is 8. The lowest BCUT2D eigenvalue weighted by Crippen LogP contribution is -2.28. The molecule has 0 fully saturated rings. The van der Waals surface area contributed by atoms with Crippen molar-refractivity contribution in [2.24, 2.45) is 0 Å². The van der Waals surface area contributed by atoms with Crippen LogP contribution in [0.4, 0.5) is 4.39 Å². The number of pyridine rings is 1. The Morgan fingerprint density at radius 3 is 2.48 bits per heavy atom. The van der Waals surface area contributed by atoms with Gasteiger partial charge >= 0.3 is 11.9 Å². The number of carbonyl (C=O) groups excluding carboxylic acids is 2. The van der Waals surface area contributed by atoms with Crippen LogP contribution in [-0.4, -0.2) is 36.2 Å². The maximum atomic E-state index is 13.7. The lowest BCUT2D eigenvalue weighted by atomic mass is 10.3. The van der Waals surface area contributed by atoms with E-state index in [0.29, 0.717) is 11.5 Å². The van der Waals surface area contributed by atoms with Crippen molar-refractivity contribution in [1.29, 1.82) is 0 Å². The zero-order valence-electron chi connectivity index (χ0n) is 14.6. The topological polar surface area (TPSA) is 84.0 Å². The molecule has 0 amide bonds. The standard InChI is InChI=1S/C18H17ClFNO6/c1-3-24-16(22)10-25-18(23)11(2)26-13-4-6-14(7-5-13)27-17-15(20)8-12(19)9-21-17/h4-9,11H,3,10H2,1-2H3. The molecule has 9 heteroatoms. The van der Waals surface area contributed by atoms with Crippen LogP contribution in [0.3, 0.4) is 0 Å². The maximum Gasteiger partial charge on any atom is 0.347 e. The molecule has 7 nitrogen and oxygen atoms in total. The monoisotopic (exact) mass is 397 g/mol. The minimum absolute atomic E-state index is 0.160. The van der Waals surface area contributed by atoms with Crippen LogP contribution in [0.1, 0.15) is 13.8 Å². The minimum atomic E-state index is -0.943. The number of ether oxygens (including phenoxy) is 4. The predicted molar refractivity (Wildman–Crippen MR) is 93.4 cm³/mol. The fraction of sp³-hybridized carbons (Fsp3) is 0.278. The van der Waals surface area contributed by atoms with Gasteiger partial charge in [-0.05, 0) is 44.2 Å². The van der Waals surface area contributed by atoms with Gasteiger partial charge in [-0.3, -0.25) is 0 Å². The zero-order chi connectivity index (χ0) is 19.8. The van der Waals surface area contributed by atoms with Gasteiger partial charge < -0.3 is 18.9 Å². The molecule has 0 saturated carbocycles.